The highest BCUT2D eigenvalue weighted by Crippen LogP contribution is 2.23. The number of amides is 2. The van der Waals surface area contributed by atoms with Gasteiger partial charge in [-0.15, -0.1) is 0 Å². The van der Waals surface area contributed by atoms with E-state index in [1.54, 1.807) is 7.05 Å². The van der Waals surface area contributed by atoms with Gasteiger partial charge < -0.3 is 20.1 Å². The molecule has 172 valence electrons. The van der Waals surface area contributed by atoms with E-state index in [0.717, 1.165) is 50.7 Å². The van der Waals surface area contributed by atoms with Crippen molar-refractivity contribution < 1.29 is 9.59 Å². The molecule has 8 nitrogen and oxygen atoms in total. The minimum atomic E-state index is -0.639. The normalized spacial score (nSPS) is 19.3. The van der Waals surface area contributed by atoms with Gasteiger partial charge in [-0.3, -0.25) is 14.5 Å². The summed E-state index contributed by atoms with van der Waals surface area (Å²) in [5.74, 6) is 0.331. The van der Waals surface area contributed by atoms with E-state index in [9.17, 15) is 9.59 Å². The second-order valence-corrected chi connectivity index (χ2v) is 9.81. The summed E-state index contributed by atoms with van der Waals surface area (Å²) >= 11 is 0. The molecule has 1 fully saturated rings. The molecule has 0 spiro atoms. The van der Waals surface area contributed by atoms with Gasteiger partial charge in [-0.25, -0.2) is 4.98 Å². The smallest absolute Gasteiger partial charge is 0.272 e. The third-order valence-electron chi connectivity index (χ3n) is 6.14. The highest BCUT2D eigenvalue weighted by Gasteiger charge is 2.34. The molecule has 2 amide bonds. The van der Waals surface area contributed by atoms with Crippen molar-refractivity contribution in [2.75, 3.05) is 40.3 Å². The van der Waals surface area contributed by atoms with Gasteiger partial charge in [0.1, 0.15) is 11.9 Å². The first-order valence-corrected chi connectivity index (χ1v) is 11.4. The zero-order valence-electron chi connectivity index (χ0n) is 19.7. The lowest BCUT2D eigenvalue weighted by atomic mass is 9.86. The summed E-state index contributed by atoms with van der Waals surface area (Å²) in [6.07, 6.45) is 7.74. The molecule has 1 unspecified atom stereocenters. The Bertz CT molecular complexity index is 817. The average molecular weight is 431 g/mol. The van der Waals surface area contributed by atoms with Gasteiger partial charge in [0.05, 0.1) is 5.69 Å². The number of likely N-dealkylation sites (N-methyl/N-ethyl adjacent to an activating group) is 1. The molecule has 1 aromatic rings. The van der Waals surface area contributed by atoms with Crippen LogP contribution in [0.1, 0.15) is 62.0 Å². The van der Waals surface area contributed by atoms with Crippen LogP contribution in [-0.4, -0.2) is 77.5 Å². The fraction of sp³-hybridized carbons (Fsp3) is 0.696. The van der Waals surface area contributed by atoms with Crippen molar-refractivity contribution in [1.29, 1.82) is 0 Å². The summed E-state index contributed by atoms with van der Waals surface area (Å²) in [5.41, 5.74) is 0.928. The third kappa shape index (κ3) is 5.74. The van der Waals surface area contributed by atoms with Crippen molar-refractivity contribution in [3.63, 3.8) is 0 Å². The maximum atomic E-state index is 13.3. The molecule has 8 heteroatoms. The van der Waals surface area contributed by atoms with E-state index in [0.29, 0.717) is 12.2 Å². The van der Waals surface area contributed by atoms with Crippen LogP contribution in [0.3, 0.4) is 0 Å². The second kappa shape index (κ2) is 9.96. The molecule has 0 aliphatic carbocycles. The molecule has 3 heterocycles. The molecule has 0 aromatic carbocycles. The minimum absolute atomic E-state index is 0.200. The van der Waals surface area contributed by atoms with Crippen molar-refractivity contribution in [3.8, 4) is 0 Å². The summed E-state index contributed by atoms with van der Waals surface area (Å²) in [6, 6.07) is -0.639. The van der Waals surface area contributed by atoms with E-state index in [-0.39, 0.29) is 11.8 Å². The maximum absolute atomic E-state index is 13.3. The third-order valence-corrected chi connectivity index (χ3v) is 6.14. The summed E-state index contributed by atoms with van der Waals surface area (Å²) < 4.78 is 2.17. The number of carbonyl (C=O) groups excluding carboxylic acids is 2. The van der Waals surface area contributed by atoms with E-state index < -0.39 is 11.5 Å². The Balaban J connectivity index is 1.87. The van der Waals surface area contributed by atoms with Crippen LogP contribution in [0, 0.1) is 5.41 Å². The molecule has 2 aliphatic rings. The molecule has 0 bridgehead atoms. The second-order valence-electron chi connectivity index (χ2n) is 9.81. The van der Waals surface area contributed by atoms with Crippen LogP contribution in [-0.2, 0) is 17.9 Å². The largest absolute Gasteiger partial charge is 0.357 e. The Hall–Kier alpha value is -2.19. The summed E-state index contributed by atoms with van der Waals surface area (Å²) in [6.45, 7) is 11.5. The number of likely N-dealkylation sites (tertiary alicyclic amines) is 1. The van der Waals surface area contributed by atoms with Gasteiger partial charge in [-0.05, 0) is 57.4 Å². The molecule has 0 radical (unpaired) electrons. The number of carbonyl (C=O) groups is 2. The quantitative estimate of drug-likeness (QED) is 0.718. The summed E-state index contributed by atoms with van der Waals surface area (Å²) in [4.78, 5) is 35.1. The van der Waals surface area contributed by atoms with E-state index in [1.807, 2.05) is 26.8 Å². The Morgan fingerprint density at radius 1 is 1.13 bits per heavy atom. The molecular weight excluding hydrogens is 392 g/mol. The molecule has 0 saturated carbocycles. The molecule has 3 rings (SSSR count). The van der Waals surface area contributed by atoms with Gasteiger partial charge in [0.25, 0.3) is 5.91 Å². The van der Waals surface area contributed by atoms with E-state index in [2.05, 4.69) is 38.1 Å². The molecule has 1 aromatic heterocycles. The lowest BCUT2D eigenvalue weighted by molar-refractivity contribution is -0.124. The van der Waals surface area contributed by atoms with E-state index >= 15 is 0 Å². The van der Waals surface area contributed by atoms with Crippen LogP contribution in [0.15, 0.2) is 6.08 Å². The molecule has 1 atom stereocenters. The molecule has 2 N–H and O–H groups in total. The number of nitrogens with zero attached hydrogens (tertiary/aromatic N) is 4. The predicted octanol–water partition coefficient (Wildman–Crippen LogP) is 1.72. The van der Waals surface area contributed by atoms with Crippen LogP contribution < -0.4 is 10.6 Å². The first-order chi connectivity index (χ1) is 14.7. The first-order valence-electron chi connectivity index (χ1n) is 11.4. The first kappa shape index (κ1) is 23.5. The van der Waals surface area contributed by atoms with Crippen molar-refractivity contribution in [2.24, 2.45) is 5.41 Å². The Morgan fingerprint density at radius 3 is 2.48 bits per heavy atom. The van der Waals surface area contributed by atoms with Crippen LogP contribution >= 0.6 is 0 Å². The van der Waals surface area contributed by atoms with Crippen molar-refractivity contribution in [3.05, 3.63) is 23.3 Å². The fourth-order valence-electron chi connectivity index (χ4n) is 4.35. The fourth-order valence-corrected chi connectivity index (χ4v) is 4.35. The molecule has 1 saturated heterocycles. The number of fused-ring (bicyclic) bond motifs is 1. The lowest BCUT2D eigenvalue weighted by Gasteiger charge is -2.29. The molecule has 31 heavy (non-hydrogen) atoms. The van der Waals surface area contributed by atoms with Crippen LogP contribution in [0.5, 0.6) is 0 Å². The van der Waals surface area contributed by atoms with Crippen molar-refractivity contribution >= 4 is 17.9 Å². The highest BCUT2D eigenvalue weighted by molar-refractivity contribution is 5.97. The van der Waals surface area contributed by atoms with E-state index in [1.165, 1.54) is 12.8 Å². The predicted molar refractivity (Wildman–Crippen MR) is 123 cm³/mol. The number of rotatable bonds is 6. The standard InChI is InChI=1S/C23H38N6O2/c1-23(2,3)20(22(31)24-4)26-21(30)19-17-16-27(5)11-9-15-29(17)18(25-19)10-8-14-28-12-6-7-13-28/h8,10,20H,6-7,9,11-16H2,1-5H3,(H,24,31)(H,26,30)/b10-8+. The van der Waals surface area contributed by atoms with Crippen molar-refractivity contribution in [1.82, 2.24) is 30.0 Å². The van der Waals surface area contributed by atoms with Gasteiger partial charge in [0, 0.05) is 26.7 Å². The van der Waals surface area contributed by atoms with Crippen LogP contribution in [0.4, 0.5) is 0 Å². The maximum Gasteiger partial charge on any atom is 0.272 e. The summed E-state index contributed by atoms with van der Waals surface area (Å²) in [5, 5.41) is 5.61. The lowest BCUT2D eigenvalue weighted by Crippen LogP contribution is -2.53. The van der Waals surface area contributed by atoms with Gasteiger partial charge in [-0.1, -0.05) is 26.8 Å². The van der Waals surface area contributed by atoms with Crippen molar-refractivity contribution in [2.45, 2.75) is 59.2 Å². The monoisotopic (exact) mass is 430 g/mol. The number of hydrogen-bond acceptors (Lipinski definition) is 5. The van der Waals surface area contributed by atoms with Gasteiger partial charge in [0.15, 0.2) is 5.69 Å². The van der Waals surface area contributed by atoms with Gasteiger partial charge >= 0.3 is 0 Å². The number of hydrogen-bond donors (Lipinski definition) is 2. The Labute approximate surface area is 186 Å². The SMILES string of the molecule is CNC(=O)C(NC(=O)c1nc(/C=C/CN2CCCC2)n2c1CN(C)CCC2)C(C)(C)C. The zero-order chi connectivity index (χ0) is 22.6. The van der Waals surface area contributed by atoms with Crippen LogP contribution in [0.2, 0.25) is 0 Å². The highest BCUT2D eigenvalue weighted by atomic mass is 16.2. The Morgan fingerprint density at radius 2 is 1.84 bits per heavy atom. The van der Waals surface area contributed by atoms with Gasteiger partial charge in [0.2, 0.25) is 5.91 Å². The Kier molecular flexibility index (Phi) is 7.54. The molecular formula is C23H38N6O2. The summed E-state index contributed by atoms with van der Waals surface area (Å²) in [7, 11) is 3.66. The zero-order valence-corrected chi connectivity index (χ0v) is 19.7. The number of aromatic nitrogens is 2. The topological polar surface area (TPSA) is 82.5 Å². The number of nitrogens with one attached hydrogen (secondary N) is 2. The average Bonchev–Trinajstić information content (AvgIpc) is 3.29. The van der Waals surface area contributed by atoms with Crippen LogP contribution in [0.25, 0.3) is 6.08 Å². The number of imidazole rings is 1. The minimum Gasteiger partial charge on any atom is -0.357 e. The van der Waals surface area contributed by atoms with Gasteiger partial charge in [-0.2, -0.15) is 0 Å². The molecule has 2 aliphatic heterocycles. The van der Waals surface area contributed by atoms with E-state index in [4.69, 9.17) is 4.98 Å².